The fraction of sp³-hybridized carbons (Fsp3) is 0.500. The molecule has 0 radical (unpaired) electrons. The zero-order chi connectivity index (χ0) is 18.8. The molecule has 0 bridgehead atoms. The van der Waals surface area contributed by atoms with Gasteiger partial charge in [-0.15, -0.1) is 0 Å². The van der Waals surface area contributed by atoms with E-state index in [1.807, 2.05) is 6.07 Å². The van der Waals surface area contributed by atoms with E-state index in [2.05, 4.69) is 46.2 Å². The Balaban J connectivity index is 1.06. The fourth-order valence-corrected chi connectivity index (χ4v) is 4.99. The van der Waals surface area contributed by atoms with Gasteiger partial charge in [0.05, 0.1) is 6.61 Å². The first-order valence-corrected chi connectivity index (χ1v) is 10.8. The zero-order valence-electron chi connectivity index (χ0n) is 16.6. The highest BCUT2D eigenvalue weighted by Gasteiger charge is 2.25. The first-order chi connectivity index (χ1) is 13.9. The monoisotopic (exact) mass is 378 g/mol. The standard InChI is InChI=1S/C24H30N2O2/c1-2-8-21-19(6-1)18-20(21)7-3-4-12-25-13-15-26(16-14-25)23-9-5-10-24-22(23)11-17-27-28-24/h1-2,5-6,8-10,20H,3-4,7,11-18H2. The zero-order valence-corrected chi connectivity index (χ0v) is 16.6. The van der Waals surface area contributed by atoms with Crippen LogP contribution in [0.3, 0.4) is 0 Å². The maximum atomic E-state index is 5.36. The van der Waals surface area contributed by atoms with Crippen LogP contribution in [0.5, 0.6) is 5.75 Å². The molecule has 1 saturated heterocycles. The van der Waals surface area contributed by atoms with Crippen LogP contribution in [0.1, 0.15) is 41.9 Å². The average molecular weight is 379 g/mol. The van der Waals surface area contributed by atoms with Gasteiger partial charge in [-0.05, 0) is 55.0 Å². The molecule has 2 aromatic rings. The summed E-state index contributed by atoms with van der Waals surface area (Å²) in [6.45, 7) is 6.42. The minimum atomic E-state index is 0.648. The second kappa shape index (κ2) is 8.14. The summed E-state index contributed by atoms with van der Waals surface area (Å²) in [7, 11) is 0. The molecule has 1 aliphatic carbocycles. The highest BCUT2D eigenvalue weighted by Crippen LogP contribution is 2.38. The van der Waals surface area contributed by atoms with Crippen LogP contribution in [0.15, 0.2) is 42.5 Å². The van der Waals surface area contributed by atoms with Crippen molar-refractivity contribution in [2.75, 3.05) is 44.2 Å². The van der Waals surface area contributed by atoms with E-state index in [1.165, 1.54) is 43.5 Å². The van der Waals surface area contributed by atoms with Crippen LogP contribution in [-0.4, -0.2) is 44.2 Å². The van der Waals surface area contributed by atoms with Gasteiger partial charge < -0.3 is 9.79 Å². The van der Waals surface area contributed by atoms with Gasteiger partial charge in [0.2, 0.25) is 0 Å². The molecule has 0 N–H and O–H groups in total. The van der Waals surface area contributed by atoms with Gasteiger partial charge >= 0.3 is 0 Å². The number of unbranched alkanes of at least 4 members (excludes halogenated alkanes) is 1. The van der Waals surface area contributed by atoms with Crippen molar-refractivity contribution in [3.8, 4) is 5.75 Å². The quantitative estimate of drug-likeness (QED) is 0.556. The van der Waals surface area contributed by atoms with Crippen molar-refractivity contribution in [1.82, 2.24) is 4.90 Å². The molecule has 148 valence electrons. The Morgan fingerprint density at radius 1 is 0.929 bits per heavy atom. The molecule has 3 aliphatic rings. The number of fused-ring (bicyclic) bond motifs is 2. The number of nitrogens with zero attached hydrogens (tertiary/aromatic N) is 2. The number of piperazine rings is 1. The number of hydrogen-bond acceptors (Lipinski definition) is 4. The summed E-state index contributed by atoms with van der Waals surface area (Å²) in [5, 5.41) is 0. The van der Waals surface area contributed by atoms with Gasteiger partial charge in [-0.1, -0.05) is 36.8 Å². The van der Waals surface area contributed by atoms with Crippen LogP contribution in [0, 0.1) is 0 Å². The molecular formula is C24H30N2O2. The molecule has 0 aromatic heterocycles. The van der Waals surface area contributed by atoms with Crippen LogP contribution in [-0.2, 0) is 17.7 Å². The fourth-order valence-electron chi connectivity index (χ4n) is 4.99. The van der Waals surface area contributed by atoms with E-state index >= 15 is 0 Å². The van der Waals surface area contributed by atoms with E-state index in [0.29, 0.717) is 6.61 Å². The normalized spacial score (nSPS) is 21.4. The van der Waals surface area contributed by atoms with Crippen LogP contribution < -0.4 is 9.79 Å². The molecule has 2 aromatic carbocycles. The molecule has 0 saturated carbocycles. The third-order valence-corrected chi connectivity index (χ3v) is 6.64. The molecule has 0 amide bonds. The molecule has 2 heterocycles. The van der Waals surface area contributed by atoms with Crippen LogP contribution in [0.25, 0.3) is 0 Å². The van der Waals surface area contributed by atoms with E-state index in [1.54, 1.807) is 11.1 Å². The van der Waals surface area contributed by atoms with Crippen molar-refractivity contribution in [2.45, 2.75) is 38.0 Å². The lowest BCUT2D eigenvalue weighted by atomic mass is 9.75. The Morgan fingerprint density at radius 3 is 2.71 bits per heavy atom. The summed E-state index contributed by atoms with van der Waals surface area (Å²) in [5.74, 6) is 1.72. The van der Waals surface area contributed by atoms with Gasteiger partial charge in [-0.25, -0.2) is 0 Å². The minimum absolute atomic E-state index is 0.648. The Hall–Kier alpha value is -2.04. The summed E-state index contributed by atoms with van der Waals surface area (Å²) in [6, 6.07) is 15.3. The molecule has 4 nitrogen and oxygen atoms in total. The van der Waals surface area contributed by atoms with E-state index in [-0.39, 0.29) is 0 Å². The summed E-state index contributed by atoms with van der Waals surface area (Å²) in [6.07, 6.45) is 6.27. The Morgan fingerprint density at radius 2 is 1.82 bits per heavy atom. The Labute approximate surface area is 168 Å². The van der Waals surface area contributed by atoms with Gasteiger partial charge in [0.25, 0.3) is 0 Å². The summed E-state index contributed by atoms with van der Waals surface area (Å²) < 4.78 is 0. The molecule has 1 atom stereocenters. The number of benzene rings is 2. The second-order valence-corrected chi connectivity index (χ2v) is 8.33. The lowest BCUT2D eigenvalue weighted by Crippen LogP contribution is -2.47. The van der Waals surface area contributed by atoms with Crippen LogP contribution in [0.2, 0.25) is 0 Å². The molecule has 4 heteroatoms. The van der Waals surface area contributed by atoms with Crippen LogP contribution in [0.4, 0.5) is 5.69 Å². The topological polar surface area (TPSA) is 24.9 Å². The molecule has 28 heavy (non-hydrogen) atoms. The maximum Gasteiger partial charge on any atom is 0.170 e. The second-order valence-electron chi connectivity index (χ2n) is 8.33. The number of anilines is 1. The number of hydrogen-bond donors (Lipinski definition) is 0. The minimum Gasteiger partial charge on any atom is -0.369 e. The molecule has 0 spiro atoms. The lowest BCUT2D eigenvalue weighted by molar-refractivity contribution is -0.215. The van der Waals surface area contributed by atoms with Crippen LogP contribution >= 0.6 is 0 Å². The van der Waals surface area contributed by atoms with E-state index in [9.17, 15) is 0 Å². The largest absolute Gasteiger partial charge is 0.369 e. The molecule has 1 fully saturated rings. The third kappa shape index (κ3) is 3.63. The first kappa shape index (κ1) is 18.0. The van der Waals surface area contributed by atoms with Gasteiger partial charge in [-0.2, -0.15) is 4.89 Å². The molecule has 5 rings (SSSR count). The van der Waals surface area contributed by atoms with Gasteiger partial charge in [-0.3, -0.25) is 4.90 Å². The smallest absolute Gasteiger partial charge is 0.170 e. The average Bonchev–Trinajstić information content (AvgIpc) is 2.74. The predicted molar refractivity (Wildman–Crippen MR) is 112 cm³/mol. The highest BCUT2D eigenvalue weighted by molar-refractivity contribution is 5.60. The van der Waals surface area contributed by atoms with Crippen molar-refractivity contribution in [1.29, 1.82) is 0 Å². The van der Waals surface area contributed by atoms with Gasteiger partial charge in [0.1, 0.15) is 0 Å². The summed E-state index contributed by atoms with van der Waals surface area (Å²) in [5.41, 5.74) is 5.83. The number of rotatable bonds is 6. The van der Waals surface area contributed by atoms with E-state index in [0.717, 1.165) is 44.3 Å². The van der Waals surface area contributed by atoms with Crippen molar-refractivity contribution < 1.29 is 9.78 Å². The van der Waals surface area contributed by atoms with E-state index < -0.39 is 0 Å². The Bertz CT molecular complexity index is 814. The lowest BCUT2D eigenvalue weighted by Gasteiger charge is -2.37. The van der Waals surface area contributed by atoms with Crippen molar-refractivity contribution >= 4 is 5.69 Å². The summed E-state index contributed by atoms with van der Waals surface area (Å²) >= 11 is 0. The molecular weight excluding hydrogens is 348 g/mol. The molecule has 2 aliphatic heterocycles. The van der Waals surface area contributed by atoms with Gasteiger partial charge in [0, 0.05) is 43.9 Å². The summed E-state index contributed by atoms with van der Waals surface area (Å²) in [4.78, 5) is 15.7. The van der Waals surface area contributed by atoms with Crippen molar-refractivity contribution in [3.05, 3.63) is 59.2 Å². The van der Waals surface area contributed by atoms with E-state index in [4.69, 9.17) is 9.78 Å². The van der Waals surface area contributed by atoms with Crippen molar-refractivity contribution in [3.63, 3.8) is 0 Å². The predicted octanol–water partition coefficient (Wildman–Crippen LogP) is 4.19. The molecule has 1 unspecified atom stereocenters. The maximum absolute atomic E-state index is 5.36. The van der Waals surface area contributed by atoms with Gasteiger partial charge in [0.15, 0.2) is 5.75 Å². The SMILES string of the molecule is c1ccc2c(c1)CC2CCCCN1CCN(c2cccc3c2CCOO3)CC1. The Kier molecular flexibility index (Phi) is 5.24. The third-order valence-electron chi connectivity index (χ3n) is 6.64. The van der Waals surface area contributed by atoms with Crippen molar-refractivity contribution in [2.24, 2.45) is 0 Å². The first-order valence-electron chi connectivity index (χ1n) is 10.8. The highest BCUT2D eigenvalue weighted by atomic mass is 17.2.